The third-order valence-corrected chi connectivity index (χ3v) is 7.29. The van der Waals surface area contributed by atoms with Crippen molar-refractivity contribution in [3.8, 4) is 0 Å². The summed E-state index contributed by atoms with van der Waals surface area (Å²) in [6.45, 7) is 5.16. The second-order valence-electron chi connectivity index (χ2n) is 8.95. The van der Waals surface area contributed by atoms with Gasteiger partial charge < -0.3 is 25.4 Å². The number of thiazole rings is 1. The van der Waals surface area contributed by atoms with Crippen molar-refractivity contribution in [1.82, 2.24) is 15.2 Å². The Hall–Kier alpha value is -3.13. The van der Waals surface area contributed by atoms with Crippen molar-refractivity contribution in [2.75, 3.05) is 18.6 Å². The number of cyclic esters (lactones) is 1. The number of nitrogen functional groups attached to an aromatic ring is 1. The van der Waals surface area contributed by atoms with Crippen molar-refractivity contribution >= 4 is 57.7 Å². The van der Waals surface area contributed by atoms with Crippen LogP contribution in [-0.2, 0) is 33.5 Å². The van der Waals surface area contributed by atoms with Crippen LogP contribution in [0.1, 0.15) is 39.3 Å². The third-order valence-electron chi connectivity index (χ3n) is 5.31. The number of thioether (sulfide) groups is 1. The Balaban J connectivity index is 1.58. The molecule has 2 fully saturated rings. The molecule has 2 saturated heterocycles. The SMILES string of the molecule is CO/N=C(\C(=O)N[C@@H]1C(=O)N2C(C(=O)OC(C)(C)C)=C([C@@H]3CCC(=O)O3)CS[C@H]12)c1csc(N)n1. The molecule has 14 heteroatoms. The third kappa shape index (κ3) is 4.98. The number of nitrogens with one attached hydrogen (secondary N) is 1. The van der Waals surface area contributed by atoms with Crippen molar-refractivity contribution < 1.29 is 33.5 Å². The van der Waals surface area contributed by atoms with E-state index in [1.165, 1.54) is 23.8 Å². The number of fused-ring (bicyclic) bond motifs is 1. The molecule has 3 N–H and O–H groups in total. The van der Waals surface area contributed by atoms with Gasteiger partial charge in [0.15, 0.2) is 10.8 Å². The summed E-state index contributed by atoms with van der Waals surface area (Å²) < 4.78 is 10.9. The van der Waals surface area contributed by atoms with E-state index in [4.69, 9.17) is 20.0 Å². The second kappa shape index (κ2) is 9.49. The molecule has 3 atom stereocenters. The highest BCUT2D eigenvalue weighted by atomic mass is 32.2. The number of hydrogen-bond acceptors (Lipinski definition) is 12. The number of oxime groups is 1. The molecule has 3 aliphatic heterocycles. The Morgan fingerprint density at radius 1 is 1.34 bits per heavy atom. The zero-order valence-electron chi connectivity index (χ0n) is 19.5. The van der Waals surface area contributed by atoms with Crippen molar-refractivity contribution in [3.63, 3.8) is 0 Å². The van der Waals surface area contributed by atoms with Crippen LogP contribution < -0.4 is 11.1 Å². The lowest BCUT2D eigenvalue weighted by Gasteiger charge is -2.50. The topological polar surface area (TPSA) is 163 Å². The van der Waals surface area contributed by atoms with Gasteiger partial charge in [0.2, 0.25) is 0 Å². The van der Waals surface area contributed by atoms with Gasteiger partial charge in [0.1, 0.15) is 41.6 Å². The Labute approximate surface area is 209 Å². The molecule has 0 bridgehead atoms. The fourth-order valence-corrected chi connectivity index (χ4v) is 5.83. The predicted molar refractivity (Wildman–Crippen MR) is 127 cm³/mol. The van der Waals surface area contributed by atoms with Crippen LogP contribution in [-0.4, -0.2) is 75.3 Å². The number of β-lactam (4-membered cyclic amide) rings is 1. The number of esters is 2. The summed E-state index contributed by atoms with van der Waals surface area (Å²) in [7, 11) is 1.28. The Bertz CT molecular complexity index is 1140. The molecule has 1 aromatic rings. The van der Waals surface area contributed by atoms with Gasteiger partial charge in [-0.2, -0.15) is 0 Å². The van der Waals surface area contributed by atoms with Gasteiger partial charge in [0.25, 0.3) is 11.8 Å². The second-order valence-corrected chi connectivity index (χ2v) is 10.9. The van der Waals surface area contributed by atoms with Crippen molar-refractivity contribution in [1.29, 1.82) is 0 Å². The summed E-state index contributed by atoms with van der Waals surface area (Å²) in [5.41, 5.74) is 5.54. The number of nitrogens with two attached hydrogens (primary N) is 1. The van der Waals surface area contributed by atoms with Crippen LogP contribution in [0.4, 0.5) is 5.13 Å². The minimum Gasteiger partial charge on any atom is -0.458 e. The van der Waals surface area contributed by atoms with Crippen molar-refractivity contribution in [2.24, 2.45) is 5.16 Å². The number of nitrogens with zero attached hydrogens (tertiary/aromatic N) is 3. The Morgan fingerprint density at radius 3 is 2.66 bits per heavy atom. The minimum absolute atomic E-state index is 0.0666. The molecule has 0 aliphatic carbocycles. The molecule has 1 aromatic heterocycles. The highest BCUT2D eigenvalue weighted by molar-refractivity contribution is 8.00. The van der Waals surface area contributed by atoms with Crippen molar-refractivity contribution in [2.45, 2.75) is 56.7 Å². The number of carbonyl (C=O) groups excluding carboxylic acids is 4. The van der Waals surface area contributed by atoms with Crippen LogP contribution in [0.2, 0.25) is 0 Å². The summed E-state index contributed by atoms with van der Waals surface area (Å²) in [6, 6.07) is -0.921. The van der Waals surface area contributed by atoms with Gasteiger partial charge in [0, 0.05) is 23.1 Å². The number of hydrogen-bond donors (Lipinski definition) is 2. The monoisotopic (exact) mass is 523 g/mol. The van der Waals surface area contributed by atoms with E-state index in [9.17, 15) is 19.2 Å². The first-order chi connectivity index (χ1) is 16.5. The summed E-state index contributed by atoms with van der Waals surface area (Å²) in [5.74, 6) is -1.87. The van der Waals surface area contributed by atoms with Crippen LogP contribution in [0.5, 0.6) is 0 Å². The number of carbonyl (C=O) groups is 4. The minimum atomic E-state index is -0.921. The molecule has 4 rings (SSSR count). The maximum absolute atomic E-state index is 13.2. The summed E-state index contributed by atoms with van der Waals surface area (Å²) in [4.78, 5) is 61.1. The average molecular weight is 524 g/mol. The molecule has 0 unspecified atom stereocenters. The summed E-state index contributed by atoms with van der Waals surface area (Å²) in [6.07, 6.45) is 0.0521. The largest absolute Gasteiger partial charge is 0.458 e. The first-order valence-electron chi connectivity index (χ1n) is 10.7. The zero-order chi connectivity index (χ0) is 25.5. The molecule has 2 amide bonds. The van der Waals surface area contributed by atoms with E-state index in [1.54, 1.807) is 26.2 Å². The van der Waals surface area contributed by atoms with Crippen LogP contribution in [0.15, 0.2) is 21.8 Å². The highest BCUT2D eigenvalue weighted by Crippen LogP contribution is 2.43. The van der Waals surface area contributed by atoms with Gasteiger partial charge in [-0.15, -0.1) is 23.1 Å². The molecule has 0 saturated carbocycles. The van der Waals surface area contributed by atoms with Gasteiger partial charge in [-0.1, -0.05) is 5.16 Å². The summed E-state index contributed by atoms with van der Waals surface area (Å²) >= 11 is 2.49. The number of amides is 2. The molecular formula is C21H25N5O7S2. The van der Waals surface area contributed by atoms with Crippen LogP contribution in [0.25, 0.3) is 0 Å². The fourth-order valence-electron chi connectivity index (χ4n) is 3.88. The van der Waals surface area contributed by atoms with Crippen molar-refractivity contribution in [3.05, 3.63) is 22.3 Å². The molecular weight excluding hydrogens is 498 g/mol. The zero-order valence-corrected chi connectivity index (χ0v) is 21.2. The number of rotatable bonds is 6. The van der Waals surface area contributed by atoms with E-state index < -0.39 is 40.9 Å². The van der Waals surface area contributed by atoms with Gasteiger partial charge in [0.05, 0.1) is 0 Å². The molecule has 4 heterocycles. The average Bonchev–Trinajstić information content (AvgIpc) is 3.41. The van der Waals surface area contributed by atoms with Gasteiger partial charge in [-0.3, -0.25) is 19.3 Å². The van der Waals surface area contributed by atoms with E-state index in [-0.39, 0.29) is 34.6 Å². The van der Waals surface area contributed by atoms with Gasteiger partial charge >= 0.3 is 11.9 Å². The van der Waals surface area contributed by atoms with E-state index in [0.29, 0.717) is 17.7 Å². The normalized spacial score (nSPS) is 24.5. The van der Waals surface area contributed by atoms with Gasteiger partial charge in [-0.05, 0) is 27.2 Å². The number of anilines is 1. The van der Waals surface area contributed by atoms with Crippen LogP contribution >= 0.6 is 23.1 Å². The lowest BCUT2D eigenvalue weighted by atomic mass is 9.98. The predicted octanol–water partition coefficient (Wildman–Crippen LogP) is 0.777. The first kappa shape index (κ1) is 25.0. The molecule has 35 heavy (non-hydrogen) atoms. The molecule has 0 spiro atoms. The number of aromatic nitrogens is 1. The maximum atomic E-state index is 13.2. The van der Waals surface area contributed by atoms with E-state index in [0.717, 1.165) is 11.3 Å². The van der Waals surface area contributed by atoms with Crippen LogP contribution in [0.3, 0.4) is 0 Å². The molecule has 0 radical (unpaired) electrons. The molecule has 0 aromatic carbocycles. The highest BCUT2D eigenvalue weighted by Gasteiger charge is 2.56. The van der Waals surface area contributed by atoms with E-state index in [1.807, 2.05) is 0 Å². The molecule has 12 nitrogen and oxygen atoms in total. The quantitative estimate of drug-likeness (QED) is 0.236. The Kier molecular flexibility index (Phi) is 6.77. The fraction of sp³-hybridized carbons (Fsp3) is 0.524. The summed E-state index contributed by atoms with van der Waals surface area (Å²) in [5, 5.41) is 7.63. The van der Waals surface area contributed by atoms with E-state index in [2.05, 4.69) is 15.5 Å². The standard InChI is InChI=1S/C21H25N5O7S2/c1-21(2,3)33-19(30)15-9(11-5-6-12(27)32-11)7-34-18-14(17(29)26(15)18)24-16(28)13(25-31-4)10-8-35-20(22)23-10/h8,11,14,18H,5-7H2,1-4H3,(H2,22,23)(H,24,28)/b25-13-/t11-,14+,18+/m0/s1. The lowest BCUT2D eigenvalue weighted by Crippen LogP contribution is -2.71. The first-order valence-corrected chi connectivity index (χ1v) is 12.7. The lowest BCUT2D eigenvalue weighted by molar-refractivity contribution is -0.159. The molecule has 188 valence electrons. The Morgan fingerprint density at radius 2 is 2.09 bits per heavy atom. The van der Waals surface area contributed by atoms with Gasteiger partial charge in [-0.25, -0.2) is 9.78 Å². The number of ether oxygens (including phenoxy) is 2. The maximum Gasteiger partial charge on any atom is 0.355 e. The molecule has 3 aliphatic rings. The van der Waals surface area contributed by atoms with E-state index >= 15 is 0 Å². The van der Waals surface area contributed by atoms with Crippen LogP contribution in [0, 0.1) is 0 Å². The smallest absolute Gasteiger partial charge is 0.355 e.